The molecule has 52 valence electrons. The average molecular weight is 146 g/mol. The second kappa shape index (κ2) is 5.69. The van der Waals surface area contributed by atoms with Crippen LogP contribution in [-0.4, -0.2) is 16.8 Å². The van der Waals surface area contributed by atoms with Crippen LogP contribution in [-0.2, 0) is 4.79 Å². The molecule has 0 radical (unpaired) electrons. The van der Waals surface area contributed by atoms with E-state index in [4.69, 9.17) is 5.11 Å². The number of carboxylic acids is 1. The normalized spacial score (nSPS) is 10.3. The third-order valence-electron chi connectivity index (χ3n) is 0.629. The summed E-state index contributed by atoms with van der Waals surface area (Å²) < 4.78 is 0. The smallest absolute Gasteiger partial charge is 0.328 e. The van der Waals surface area contributed by atoms with Crippen molar-refractivity contribution in [2.24, 2.45) is 0 Å². The van der Waals surface area contributed by atoms with Gasteiger partial charge < -0.3 is 5.11 Å². The molecule has 0 aliphatic heterocycles. The number of hydrogen-bond acceptors (Lipinski definition) is 2. The quantitative estimate of drug-likeness (QED) is 0.484. The molecule has 9 heavy (non-hydrogen) atoms. The molecular weight excluding hydrogens is 136 g/mol. The van der Waals surface area contributed by atoms with Crippen molar-refractivity contribution in [3.8, 4) is 0 Å². The molecule has 0 bridgehead atoms. The Labute approximate surface area is 59.0 Å². The van der Waals surface area contributed by atoms with E-state index in [0.29, 0.717) is 0 Å². The average Bonchev–Trinajstić information content (AvgIpc) is 1.80. The van der Waals surface area contributed by atoms with Gasteiger partial charge in [0.25, 0.3) is 0 Å². The summed E-state index contributed by atoms with van der Waals surface area (Å²) in [6, 6.07) is 0. The van der Waals surface area contributed by atoms with Gasteiger partial charge in [-0.3, -0.25) is 0 Å². The molecule has 0 atom stereocenters. The van der Waals surface area contributed by atoms with Crippen molar-refractivity contribution in [2.75, 3.05) is 5.75 Å². The molecule has 0 amide bonds. The maximum Gasteiger partial charge on any atom is 0.328 e. The Balaban J connectivity index is 3.15. The highest BCUT2D eigenvalue weighted by Crippen LogP contribution is 2.02. The zero-order chi connectivity index (χ0) is 7.11. The number of thioether (sulfide) groups is 1. The Hall–Kier alpha value is -0.440. The van der Waals surface area contributed by atoms with E-state index in [1.807, 2.05) is 0 Å². The summed E-state index contributed by atoms with van der Waals surface area (Å²) in [4.78, 5) is 9.86. The fourth-order valence-corrected chi connectivity index (χ4v) is 0.877. The standard InChI is InChI=1S/C6H10O2S/c1-2-4-9-5-3-6(7)8/h3,5H,2,4H2,1H3,(H,7,8)/b5-3-. The number of rotatable bonds is 4. The van der Waals surface area contributed by atoms with Crippen molar-refractivity contribution in [1.29, 1.82) is 0 Å². The second-order valence-corrected chi connectivity index (χ2v) is 2.53. The van der Waals surface area contributed by atoms with Gasteiger partial charge in [0.2, 0.25) is 0 Å². The minimum Gasteiger partial charge on any atom is -0.478 e. The second-order valence-electron chi connectivity index (χ2n) is 1.51. The van der Waals surface area contributed by atoms with Crippen molar-refractivity contribution in [1.82, 2.24) is 0 Å². The van der Waals surface area contributed by atoms with Crippen LogP contribution < -0.4 is 0 Å². The molecule has 0 aromatic carbocycles. The van der Waals surface area contributed by atoms with Crippen molar-refractivity contribution in [3.05, 3.63) is 11.5 Å². The molecule has 0 rings (SSSR count). The first-order chi connectivity index (χ1) is 4.27. The molecular formula is C6H10O2S. The molecule has 2 nitrogen and oxygen atoms in total. The van der Waals surface area contributed by atoms with Gasteiger partial charge >= 0.3 is 5.97 Å². The summed E-state index contributed by atoms with van der Waals surface area (Å²) in [6.45, 7) is 2.06. The number of carbonyl (C=O) groups is 1. The van der Waals surface area contributed by atoms with E-state index in [1.54, 1.807) is 5.41 Å². The molecule has 0 aliphatic rings. The zero-order valence-corrected chi connectivity index (χ0v) is 6.15. The number of aliphatic carboxylic acids is 1. The Kier molecular flexibility index (Phi) is 5.41. The molecule has 3 heteroatoms. The van der Waals surface area contributed by atoms with Gasteiger partial charge in [-0.15, -0.1) is 11.8 Å². The molecule has 0 aromatic rings. The van der Waals surface area contributed by atoms with Crippen LogP contribution in [0.5, 0.6) is 0 Å². The number of carboxylic acid groups (broad SMARTS) is 1. The van der Waals surface area contributed by atoms with Gasteiger partial charge in [-0.1, -0.05) is 6.92 Å². The Morgan fingerprint density at radius 1 is 1.78 bits per heavy atom. The largest absolute Gasteiger partial charge is 0.478 e. The third-order valence-corrected chi connectivity index (χ3v) is 1.60. The lowest BCUT2D eigenvalue weighted by atomic mass is 10.6. The lowest BCUT2D eigenvalue weighted by molar-refractivity contribution is -0.131. The van der Waals surface area contributed by atoms with Crippen LogP contribution >= 0.6 is 11.8 Å². The van der Waals surface area contributed by atoms with E-state index in [1.165, 1.54) is 11.8 Å². The molecule has 1 N–H and O–H groups in total. The van der Waals surface area contributed by atoms with Crippen molar-refractivity contribution < 1.29 is 9.90 Å². The van der Waals surface area contributed by atoms with Crippen molar-refractivity contribution in [2.45, 2.75) is 13.3 Å². The monoisotopic (exact) mass is 146 g/mol. The van der Waals surface area contributed by atoms with Crippen LogP contribution in [0.4, 0.5) is 0 Å². The molecule has 0 heterocycles. The molecule has 0 fully saturated rings. The summed E-state index contributed by atoms with van der Waals surface area (Å²) in [5.41, 5.74) is 0. The molecule has 0 aliphatic carbocycles. The van der Waals surface area contributed by atoms with E-state index >= 15 is 0 Å². The molecule has 0 aromatic heterocycles. The van der Waals surface area contributed by atoms with E-state index in [0.717, 1.165) is 18.2 Å². The van der Waals surface area contributed by atoms with Gasteiger partial charge in [-0.2, -0.15) is 0 Å². The first kappa shape index (κ1) is 8.56. The summed E-state index contributed by atoms with van der Waals surface area (Å²) >= 11 is 1.52. The highest BCUT2D eigenvalue weighted by atomic mass is 32.2. The predicted octanol–water partition coefficient (Wildman–Crippen LogP) is 1.73. The topological polar surface area (TPSA) is 37.3 Å². The maximum atomic E-state index is 9.86. The molecule has 0 unspecified atom stereocenters. The van der Waals surface area contributed by atoms with E-state index in [9.17, 15) is 4.79 Å². The summed E-state index contributed by atoms with van der Waals surface area (Å²) in [5.74, 6) is 0.114. The third kappa shape index (κ3) is 7.56. The van der Waals surface area contributed by atoms with Crippen LogP contribution in [0.1, 0.15) is 13.3 Å². The van der Waals surface area contributed by atoms with Gasteiger partial charge in [0.05, 0.1) is 0 Å². The van der Waals surface area contributed by atoms with Gasteiger partial charge in [-0.05, 0) is 17.6 Å². The first-order valence-electron chi connectivity index (χ1n) is 2.78. The Morgan fingerprint density at radius 2 is 2.44 bits per heavy atom. The highest BCUT2D eigenvalue weighted by Gasteiger charge is 1.83. The van der Waals surface area contributed by atoms with Crippen molar-refractivity contribution in [3.63, 3.8) is 0 Å². The fraction of sp³-hybridized carbons (Fsp3) is 0.500. The SMILES string of the molecule is CCCS/C=C\C(=O)O. The predicted molar refractivity (Wildman–Crippen MR) is 39.5 cm³/mol. The minimum absolute atomic E-state index is 0.876. The lowest BCUT2D eigenvalue weighted by Gasteiger charge is -1.85. The van der Waals surface area contributed by atoms with Gasteiger partial charge in [0, 0.05) is 6.08 Å². The van der Waals surface area contributed by atoms with Crippen LogP contribution in [0.25, 0.3) is 0 Å². The molecule has 0 saturated heterocycles. The van der Waals surface area contributed by atoms with E-state index < -0.39 is 5.97 Å². The van der Waals surface area contributed by atoms with Gasteiger partial charge in [-0.25, -0.2) is 4.79 Å². The van der Waals surface area contributed by atoms with Gasteiger partial charge in [0.1, 0.15) is 0 Å². The molecule has 0 saturated carbocycles. The minimum atomic E-state index is -0.876. The summed E-state index contributed by atoms with van der Waals surface area (Å²) in [6.07, 6.45) is 2.23. The lowest BCUT2D eigenvalue weighted by Crippen LogP contribution is -1.84. The highest BCUT2D eigenvalue weighted by molar-refractivity contribution is 8.02. The Morgan fingerprint density at radius 3 is 2.89 bits per heavy atom. The van der Waals surface area contributed by atoms with E-state index in [-0.39, 0.29) is 0 Å². The summed E-state index contributed by atoms with van der Waals surface area (Å²) in [5, 5.41) is 9.72. The number of hydrogen-bond donors (Lipinski definition) is 1. The maximum absolute atomic E-state index is 9.86. The van der Waals surface area contributed by atoms with Crippen LogP contribution in [0.2, 0.25) is 0 Å². The van der Waals surface area contributed by atoms with Crippen molar-refractivity contribution >= 4 is 17.7 Å². The Bertz CT molecular complexity index is 110. The van der Waals surface area contributed by atoms with Crippen LogP contribution in [0.15, 0.2) is 11.5 Å². The summed E-state index contributed by atoms with van der Waals surface area (Å²) in [7, 11) is 0. The zero-order valence-electron chi connectivity index (χ0n) is 5.33. The van der Waals surface area contributed by atoms with E-state index in [2.05, 4.69) is 6.92 Å². The van der Waals surface area contributed by atoms with Crippen LogP contribution in [0.3, 0.4) is 0 Å². The first-order valence-corrected chi connectivity index (χ1v) is 3.83. The molecule has 0 spiro atoms. The van der Waals surface area contributed by atoms with Gasteiger partial charge in [0.15, 0.2) is 0 Å². The fourth-order valence-electron chi connectivity index (χ4n) is 0.292. The van der Waals surface area contributed by atoms with Crippen LogP contribution in [0, 0.1) is 0 Å².